The van der Waals surface area contributed by atoms with E-state index in [0.717, 1.165) is 24.8 Å². The van der Waals surface area contributed by atoms with Crippen molar-refractivity contribution >= 4 is 0 Å². The lowest BCUT2D eigenvalue weighted by Crippen LogP contribution is -2.63. The Morgan fingerprint density at radius 3 is 2.13 bits per heavy atom. The van der Waals surface area contributed by atoms with Crippen LogP contribution in [0.4, 0.5) is 0 Å². The SMILES string of the molecule is CCCO[C@@H]1[C@@H](OCCC)[C@H](Cc2ccccc2)O[C@@H]2CO[C@@H](c3ccccc3)O[C@@H]12. The molecule has 5 heteroatoms. The first-order chi connectivity index (χ1) is 15.3. The highest BCUT2D eigenvalue weighted by atomic mass is 16.7. The molecular formula is C26H34O5. The Kier molecular flexibility index (Phi) is 8.11. The van der Waals surface area contributed by atoms with Gasteiger partial charge in [-0.2, -0.15) is 0 Å². The molecule has 5 nitrogen and oxygen atoms in total. The van der Waals surface area contributed by atoms with Crippen LogP contribution < -0.4 is 0 Å². The molecule has 0 unspecified atom stereocenters. The molecular weight excluding hydrogens is 392 g/mol. The molecule has 6 atom stereocenters. The van der Waals surface area contributed by atoms with Crippen LogP contribution in [0.2, 0.25) is 0 Å². The van der Waals surface area contributed by atoms with Gasteiger partial charge < -0.3 is 23.7 Å². The van der Waals surface area contributed by atoms with Gasteiger partial charge in [-0.1, -0.05) is 74.5 Å². The summed E-state index contributed by atoms with van der Waals surface area (Å²) in [6.07, 6.45) is 1.31. The van der Waals surface area contributed by atoms with Crippen molar-refractivity contribution in [3.63, 3.8) is 0 Å². The average Bonchev–Trinajstić information content (AvgIpc) is 2.82. The van der Waals surface area contributed by atoms with E-state index in [1.165, 1.54) is 5.56 Å². The first-order valence-electron chi connectivity index (χ1n) is 11.5. The van der Waals surface area contributed by atoms with Crippen molar-refractivity contribution in [3.05, 3.63) is 71.8 Å². The van der Waals surface area contributed by atoms with Gasteiger partial charge in [-0.15, -0.1) is 0 Å². The Balaban J connectivity index is 1.57. The fourth-order valence-electron chi connectivity index (χ4n) is 4.35. The summed E-state index contributed by atoms with van der Waals surface area (Å²) in [5, 5.41) is 0. The molecule has 2 fully saturated rings. The molecule has 2 aliphatic rings. The van der Waals surface area contributed by atoms with Crippen LogP contribution in [0.25, 0.3) is 0 Å². The van der Waals surface area contributed by atoms with Crippen molar-refractivity contribution in [1.82, 2.24) is 0 Å². The van der Waals surface area contributed by atoms with E-state index in [2.05, 4.69) is 38.1 Å². The van der Waals surface area contributed by atoms with E-state index < -0.39 is 6.29 Å². The molecule has 0 bridgehead atoms. The summed E-state index contributed by atoms with van der Waals surface area (Å²) in [5.41, 5.74) is 2.23. The molecule has 2 heterocycles. The molecule has 2 aliphatic heterocycles. The molecule has 0 aromatic heterocycles. The van der Waals surface area contributed by atoms with Crippen LogP contribution in [0.1, 0.15) is 44.1 Å². The maximum Gasteiger partial charge on any atom is 0.184 e. The van der Waals surface area contributed by atoms with E-state index >= 15 is 0 Å². The van der Waals surface area contributed by atoms with Gasteiger partial charge in [-0.25, -0.2) is 0 Å². The zero-order chi connectivity index (χ0) is 21.5. The number of rotatable bonds is 9. The van der Waals surface area contributed by atoms with Crippen LogP contribution >= 0.6 is 0 Å². The molecule has 4 rings (SSSR count). The lowest BCUT2D eigenvalue weighted by atomic mass is 9.90. The molecule has 31 heavy (non-hydrogen) atoms. The molecule has 2 aromatic carbocycles. The summed E-state index contributed by atoms with van der Waals surface area (Å²) in [6, 6.07) is 20.5. The van der Waals surface area contributed by atoms with Crippen molar-refractivity contribution in [2.24, 2.45) is 0 Å². The number of hydrogen-bond donors (Lipinski definition) is 0. The van der Waals surface area contributed by atoms with Gasteiger partial charge in [-0.3, -0.25) is 0 Å². The highest BCUT2D eigenvalue weighted by molar-refractivity contribution is 5.18. The van der Waals surface area contributed by atoms with Gasteiger partial charge in [0, 0.05) is 25.2 Å². The van der Waals surface area contributed by atoms with Crippen molar-refractivity contribution in [3.8, 4) is 0 Å². The minimum Gasteiger partial charge on any atom is -0.373 e. The van der Waals surface area contributed by atoms with Crippen molar-refractivity contribution in [1.29, 1.82) is 0 Å². The average molecular weight is 427 g/mol. The first-order valence-corrected chi connectivity index (χ1v) is 11.5. The predicted molar refractivity (Wildman–Crippen MR) is 119 cm³/mol. The molecule has 0 aliphatic carbocycles. The molecule has 0 amide bonds. The van der Waals surface area contributed by atoms with Crippen LogP contribution in [-0.2, 0) is 30.1 Å². The third-order valence-corrected chi connectivity index (χ3v) is 5.80. The first kappa shape index (κ1) is 22.4. The largest absolute Gasteiger partial charge is 0.373 e. The quantitative estimate of drug-likeness (QED) is 0.582. The Morgan fingerprint density at radius 1 is 0.806 bits per heavy atom. The maximum atomic E-state index is 6.54. The number of fused-ring (bicyclic) bond motifs is 1. The van der Waals surface area contributed by atoms with Crippen molar-refractivity contribution in [2.75, 3.05) is 19.8 Å². The monoisotopic (exact) mass is 426 g/mol. The standard InChI is InChI=1S/C26H34O5/c1-3-15-27-23-21(17-19-11-7-5-8-12-19)30-22-18-29-26(20-13-9-6-10-14-20)31-24(22)25(23)28-16-4-2/h5-14,21-26H,3-4,15-18H2,1-2H3/t21-,22+,23-,24+,25+,26+/m0/s1. The van der Waals surface area contributed by atoms with Gasteiger partial charge in [0.1, 0.15) is 24.4 Å². The van der Waals surface area contributed by atoms with Gasteiger partial charge in [0.25, 0.3) is 0 Å². The number of benzene rings is 2. The Hall–Kier alpha value is -1.76. The third kappa shape index (κ3) is 5.54. The smallest absolute Gasteiger partial charge is 0.184 e. The Morgan fingerprint density at radius 2 is 1.45 bits per heavy atom. The number of ether oxygens (including phenoxy) is 5. The van der Waals surface area contributed by atoms with Gasteiger partial charge in [-0.05, 0) is 18.4 Å². The van der Waals surface area contributed by atoms with E-state index in [0.29, 0.717) is 19.8 Å². The molecule has 168 valence electrons. The summed E-state index contributed by atoms with van der Waals surface area (Å²) in [6.45, 7) is 6.05. The van der Waals surface area contributed by atoms with Crippen molar-refractivity contribution in [2.45, 2.75) is 69.9 Å². The molecule has 0 radical (unpaired) electrons. The molecule has 2 saturated heterocycles. The van der Waals surface area contributed by atoms with Crippen molar-refractivity contribution < 1.29 is 23.7 Å². The zero-order valence-electron chi connectivity index (χ0n) is 18.5. The molecule has 0 saturated carbocycles. The summed E-state index contributed by atoms with van der Waals surface area (Å²) >= 11 is 0. The second kappa shape index (κ2) is 11.2. The summed E-state index contributed by atoms with van der Waals surface area (Å²) < 4.78 is 31.8. The summed E-state index contributed by atoms with van der Waals surface area (Å²) in [4.78, 5) is 0. The van der Waals surface area contributed by atoms with Crippen LogP contribution in [0.15, 0.2) is 60.7 Å². The van der Waals surface area contributed by atoms with E-state index in [4.69, 9.17) is 23.7 Å². The lowest BCUT2D eigenvalue weighted by Gasteiger charge is -2.49. The van der Waals surface area contributed by atoms with E-state index in [1.807, 2.05) is 36.4 Å². The van der Waals surface area contributed by atoms with Crippen LogP contribution in [0.3, 0.4) is 0 Å². The van der Waals surface area contributed by atoms with Gasteiger partial charge >= 0.3 is 0 Å². The van der Waals surface area contributed by atoms with Gasteiger partial charge in [0.2, 0.25) is 0 Å². The second-order valence-electron chi connectivity index (χ2n) is 8.25. The summed E-state index contributed by atoms with van der Waals surface area (Å²) in [7, 11) is 0. The van der Waals surface area contributed by atoms with Gasteiger partial charge in [0.15, 0.2) is 6.29 Å². The minimum absolute atomic E-state index is 0.113. The predicted octanol–water partition coefficient (Wildman–Crippen LogP) is 4.70. The number of hydrogen-bond acceptors (Lipinski definition) is 5. The molecule has 0 N–H and O–H groups in total. The zero-order valence-corrected chi connectivity index (χ0v) is 18.5. The molecule has 0 spiro atoms. The Bertz CT molecular complexity index is 768. The third-order valence-electron chi connectivity index (χ3n) is 5.80. The van der Waals surface area contributed by atoms with Crippen LogP contribution in [0, 0.1) is 0 Å². The van der Waals surface area contributed by atoms with E-state index in [9.17, 15) is 0 Å². The fraction of sp³-hybridized carbons (Fsp3) is 0.538. The van der Waals surface area contributed by atoms with Gasteiger partial charge in [0.05, 0.1) is 12.7 Å². The Labute approximate surface area is 185 Å². The van der Waals surface area contributed by atoms with Crippen LogP contribution in [0.5, 0.6) is 0 Å². The fourth-order valence-corrected chi connectivity index (χ4v) is 4.35. The van der Waals surface area contributed by atoms with E-state index in [1.54, 1.807) is 0 Å². The van der Waals surface area contributed by atoms with Crippen LogP contribution in [-0.4, -0.2) is 50.3 Å². The second-order valence-corrected chi connectivity index (χ2v) is 8.25. The van der Waals surface area contributed by atoms with E-state index in [-0.39, 0.29) is 30.5 Å². The normalized spacial score (nSPS) is 30.6. The lowest BCUT2D eigenvalue weighted by molar-refractivity contribution is -0.337. The topological polar surface area (TPSA) is 46.2 Å². The highest BCUT2D eigenvalue weighted by Crippen LogP contribution is 2.37. The molecule has 2 aromatic rings. The minimum atomic E-state index is -0.420. The summed E-state index contributed by atoms with van der Waals surface area (Å²) in [5.74, 6) is 0. The highest BCUT2D eigenvalue weighted by Gasteiger charge is 2.50. The maximum absolute atomic E-state index is 6.54.